The predicted molar refractivity (Wildman–Crippen MR) is 87.9 cm³/mol. The first-order valence-electron chi connectivity index (χ1n) is 8.17. The molecule has 0 spiro atoms. The van der Waals surface area contributed by atoms with Gasteiger partial charge in [-0.2, -0.15) is 5.10 Å². The van der Waals surface area contributed by atoms with Crippen molar-refractivity contribution >= 4 is 5.91 Å². The fourth-order valence-electron chi connectivity index (χ4n) is 3.13. The Kier molecular flexibility index (Phi) is 4.41. The summed E-state index contributed by atoms with van der Waals surface area (Å²) >= 11 is 0. The van der Waals surface area contributed by atoms with Gasteiger partial charge in [-0.05, 0) is 32.8 Å². The highest BCUT2D eigenvalue weighted by Crippen LogP contribution is 2.27. The topological polar surface area (TPSA) is 63.9 Å². The number of nitrogens with zero attached hydrogens (tertiary/aromatic N) is 5. The van der Waals surface area contributed by atoms with Gasteiger partial charge in [0.25, 0.3) is 0 Å². The number of likely N-dealkylation sites (tertiary alicyclic amines) is 1. The molecule has 1 aliphatic rings. The van der Waals surface area contributed by atoms with Crippen LogP contribution in [0.1, 0.15) is 51.3 Å². The number of amides is 1. The van der Waals surface area contributed by atoms with Crippen molar-refractivity contribution in [3.63, 3.8) is 0 Å². The predicted octanol–water partition coefficient (Wildman–Crippen LogP) is 2.65. The van der Waals surface area contributed by atoms with Crippen LogP contribution in [0, 0.1) is 0 Å². The number of piperidine rings is 1. The zero-order valence-corrected chi connectivity index (χ0v) is 13.9. The Hall–Kier alpha value is -2.24. The molecule has 0 aliphatic carbocycles. The zero-order chi connectivity index (χ0) is 16.4. The molecule has 0 bridgehead atoms. The van der Waals surface area contributed by atoms with Gasteiger partial charge >= 0.3 is 0 Å². The van der Waals surface area contributed by atoms with Gasteiger partial charge in [-0.15, -0.1) is 0 Å². The number of rotatable bonds is 3. The van der Waals surface area contributed by atoms with Crippen molar-refractivity contribution in [2.75, 3.05) is 13.1 Å². The summed E-state index contributed by atoms with van der Waals surface area (Å²) in [5.74, 6) is 0.396. The molecule has 122 valence electrons. The van der Waals surface area contributed by atoms with Gasteiger partial charge in [0.15, 0.2) is 0 Å². The molecule has 3 rings (SSSR count). The van der Waals surface area contributed by atoms with E-state index in [2.05, 4.69) is 23.9 Å². The summed E-state index contributed by atoms with van der Waals surface area (Å²) < 4.78 is 1.95. The summed E-state index contributed by atoms with van der Waals surface area (Å²) in [4.78, 5) is 22.7. The molecule has 6 nitrogen and oxygen atoms in total. The molecule has 1 unspecified atom stereocenters. The van der Waals surface area contributed by atoms with Crippen LogP contribution in [0.4, 0.5) is 0 Å². The van der Waals surface area contributed by atoms with Crippen molar-refractivity contribution in [3.8, 4) is 11.4 Å². The highest BCUT2D eigenvalue weighted by molar-refractivity contribution is 5.73. The maximum atomic E-state index is 11.6. The van der Waals surface area contributed by atoms with E-state index < -0.39 is 0 Å². The van der Waals surface area contributed by atoms with Gasteiger partial charge < -0.3 is 4.90 Å². The van der Waals surface area contributed by atoms with Crippen LogP contribution < -0.4 is 0 Å². The molecule has 2 aromatic rings. The van der Waals surface area contributed by atoms with Crippen LogP contribution in [0.3, 0.4) is 0 Å². The summed E-state index contributed by atoms with van der Waals surface area (Å²) in [6.07, 6.45) is 7.46. The number of aromatic nitrogens is 4. The van der Waals surface area contributed by atoms with Crippen molar-refractivity contribution in [1.82, 2.24) is 24.6 Å². The molecule has 0 saturated carbocycles. The lowest BCUT2D eigenvalue weighted by molar-refractivity contribution is -0.130. The molecule has 3 heterocycles. The molecule has 0 N–H and O–H groups in total. The van der Waals surface area contributed by atoms with Gasteiger partial charge in [-0.1, -0.05) is 0 Å². The fourth-order valence-corrected chi connectivity index (χ4v) is 3.13. The molecule has 1 saturated heterocycles. The van der Waals surface area contributed by atoms with Gasteiger partial charge in [0, 0.05) is 44.4 Å². The van der Waals surface area contributed by atoms with Gasteiger partial charge in [0.1, 0.15) is 5.69 Å². The molecule has 23 heavy (non-hydrogen) atoms. The number of carbonyl (C=O) groups is 1. The van der Waals surface area contributed by atoms with Gasteiger partial charge in [0.05, 0.1) is 17.6 Å². The number of carbonyl (C=O) groups excluding carboxylic acids is 1. The molecule has 1 aliphatic heterocycles. The molecular weight excluding hydrogens is 290 g/mol. The van der Waals surface area contributed by atoms with Crippen molar-refractivity contribution in [2.45, 2.75) is 45.6 Å². The molecule has 0 aromatic carbocycles. The zero-order valence-electron chi connectivity index (χ0n) is 13.9. The average molecular weight is 313 g/mol. The van der Waals surface area contributed by atoms with Crippen LogP contribution in [-0.2, 0) is 4.79 Å². The van der Waals surface area contributed by atoms with E-state index in [1.807, 2.05) is 21.8 Å². The lowest BCUT2D eigenvalue weighted by atomic mass is 9.95. The summed E-state index contributed by atoms with van der Waals surface area (Å²) in [6.45, 7) is 7.40. The number of hydrogen-bond donors (Lipinski definition) is 0. The normalized spacial score (nSPS) is 18.4. The fraction of sp³-hybridized carbons (Fsp3) is 0.529. The summed E-state index contributed by atoms with van der Waals surface area (Å²) in [5.41, 5.74) is 2.78. The highest BCUT2D eigenvalue weighted by Gasteiger charge is 2.24. The molecule has 2 aromatic heterocycles. The maximum absolute atomic E-state index is 11.6. The SMILES string of the molecule is CC(=O)N1CCCC(c2cncc(-c3ccnn3C(C)C)n2)C1. The molecule has 6 heteroatoms. The van der Waals surface area contributed by atoms with Crippen molar-refractivity contribution in [2.24, 2.45) is 0 Å². The third kappa shape index (κ3) is 3.25. The van der Waals surface area contributed by atoms with E-state index in [1.165, 1.54) is 0 Å². The van der Waals surface area contributed by atoms with E-state index in [1.54, 1.807) is 19.3 Å². The number of hydrogen-bond acceptors (Lipinski definition) is 4. The van der Waals surface area contributed by atoms with Crippen LogP contribution in [0.25, 0.3) is 11.4 Å². The van der Waals surface area contributed by atoms with Crippen LogP contribution in [0.2, 0.25) is 0 Å². The Labute approximate surface area is 136 Å². The van der Waals surface area contributed by atoms with E-state index in [-0.39, 0.29) is 17.9 Å². The third-order valence-corrected chi connectivity index (χ3v) is 4.36. The van der Waals surface area contributed by atoms with Crippen LogP contribution in [0.15, 0.2) is 24.7 Å². The minimum atomic E-state index is 0.136. The van der Waals surface area contributed by atoms with E-state index in [9.17, 15) is 4.79 Å². The lowest BCUT2D eigenvalue weighted by Gasteiger charge is -2.31. The smallest absolute Gasteiger partial charge is 0.219 e. The van der Waals surface area contributed by atoms with Gasteiger partial charge in [-0.25, -0.2) is 4.98 Å². The molecule has 1 atom stereocenters. The quantitative estimate of drug-likeness (QED) is 0.874. The standard InChI is InChI=1S/C17H23N5O/c1-12(2)22-17(6-7-19-22)16-10-18-9-15(20-16)14-5-4-8-21(11-14)13(3)23/h6-7,9-10,12,14H,4-5,8,11H2,1-3H3. The minimum Gasteiger partial charge on any atom is -0.342 e. The Morgan fingerprint density at radius 3 is 2.91 bits per heavy atom. The first-order valence-corrected chi connectivity index (χ1v) is 8.17. The highest BCUT2D eigenvalue weighted by atomic mass is 16.2. The maximum Gasteiger partial charge on any atom is 0.219 e. The van der Waals surface area contributed by atoms with Crippen LogP contribution in [-0.4, -0.2) is 43.6 Å². The second kappa shape index (κ2) is 6.48. The van der Waals surface area contributed by atoms with Crippen molar-refractivity contribution in [3.05, 3.63) is 30.4 Å². The molecule has 1 amide bonds. The van der Waals surface area contributed by atoms with Gasteiger partial charge in [-0.3, -0.25) is 14.5 Å². The third-order valence-electron chi connectivity index (χ3n) is 4.36. The first-order chi connectivity index (χ1) is 11.1. The second-order valence-electron chi connectivity index (χ2n) is 6.39. The summed E-state index contributed by atoms with van der Waals surface area (Å²) in [5, 5.41) is 4.37. The van der Waals surface area contributed by atoms with Crippen molar-refractivity contribution in [1.29, 1.82) is 0 Å². The Morgan fingerprint density at radius 2 is 2.17 bits per heavy atom. The lowest BCUT2D eigenvalue weighted by Crippen LogP contribution is -2.37. The monoisotopic (exact) mass is 313 g/mol. The van der Waals surface area contributed by atoms with E-state index in [0.29, 0.717) is 0 Å². The molecule has 0 radical (unpaired) electrons. The van der Waals surface area contributed by atoms with Crippen LogP contribution in [0.5, 0.6) is 0 Å². The van der Waals surface area contributed by atoms with Crippen molar-refractivity contribution < 1.29 is 4.79 Å². The van der Waals surface area contributed by atoms with E-state index in [0.717, 1.165) is 43.0 Å². The average Bonchev–Trinajstić information content (AvgIpc) is 3.05. The molecular formula is C17H23N5O. The minimum absolute atomic E-state index is 0.136. The summed E-state index contributed by atoms with van der Waals surface area (Å²) in [7, 11) is 0. The largest absolute Gasteiger partial charge is 0.342 e. The van der Waals surface area contributed by atoms with E-state index in [4.69, 9.17) is 4.98 Å². The van der Waals surface area contributed by atoms with E-state index >= 15 is 0 Å². The molecule has 1 fully saturated rings. The first kappa shape index (κ1) is 15.6. The summed E-state index contributed by atoms with van der Waals surface area (Å²) in [6, 6.07) is 2.24. The van der Waals surface area contributed by atoms with Gasteiger partial charge in [0.2, 0.25) is 5.91 Å². The Bertz CT molecular complexity index is 694. The van der Waals surface area contributed by atoms with Crippen LogP contribution >= 0.6 is 0 Å². The Morgan fingerprint density at radius 1 is 1.35 bits per heavy atom. The Balaban J connectivity index is 1.88. The second-order valence-corrected chi connectivity index (χ2v) is 6.39.